The van der Waals surface area contributed by atoms with Crippen LogP contribution in [0.15, 0.2) is 34.7 Å². The van der Waals surface area contributed by atoms with Gasteiger partial charge < -0.3 is 14.5 Å². The van der Waals surface area contributed by atoms with Crippen molar-refractivity contribution in [3.63, 3.8) is 0 Å². The number of furan rings is 1. The highest BCUT2D eigenvalue weighted by atomic mass is 16.5. The molecule has 6 nitrogen and oxygen atoms in total. The van der Waals surface area contributed by atoms with Gasteiger partial charge in [0.2, 0.25) is 5.91 Å². The van der Waals surface area contributed by atoms with Crippen LogP contribution >= 0.6 is 0 Å². The lowest BCUT2D eigenvalue weighted by atomic mass is 10.2. The number of anilines is 1. The van der Waals surface area contributed by atoms with Crippen molar-refractivity contribution in [3.05, 3.63) is 53.0 Å². The number of carbonyl (C=O) groups excluding carboxylic acids is 2. The summed E-state index contributed by atoms with van der Waals surface area (Å²) in [6, 6.07) is 9.27. The molecule has 0 saturated heterocycles. The molecule has 6 heteroatoms. The fourth-order valence-electron chi connectivity index (χ4n) is 2.40. The predicted molar refractivity (Wildman–Crippen MR) is 90.9 cm³/mol. The molecule has 1 N–H and O–H groups in total. The van der Waals surface area contributed by atoms with Gasteiger partial charge in [-0.25, -0.2) is 4.79 Å². The molecule has 0 radical (unpaired) electrons. The van der Waals surface area contributed by atoms with Crippen LogP contribution in [0, 0.1) is 13.8 Å². The maximum atomic E-state index is 12.1. The normalized spacial score (nSPS) is 10.7. The Morgan fingerprint density at radius 2 is 1.96 bits per heavy atom. The number of likely N-dealkylation sites (N-methyl/N-ethyl adjacent to an activating group) is 1. The molecule has 128 valence electrons. The topological polar surface area (TPSA) is 71.8 Å². The van der Waals surface area contributed by atoms with Crippen LogP contribution in [0.1, 0.15) is 27.4 Å². The molecule has 0 unspecified atom stereocenters. The zero-order chi connectivity index (χ0) is 17.7. The minimum absolute atomic E-state index is 0.108. The Balaban J connectivity index is 1.93. The Labute approximate surface area is 141 Å². The number of rotatable bonds is 6. The molecule has 24 heavy (non-hydrogen) atoms. The van der Waals surface area contributed by atoms with E-state index in [-0.39, 0.29) is 12.5 Å². The molecule has 1 aromatic heterocycles. The monoisotopic (exact) mass is 330 g/mol. The van der Waals surface area contributed by atoms with E-state index in [0.29, 0.717) is 23.6 Å². The summed E-state index contributed by atoms with van der Waals surface area (Å²) in [5, 5.41) is 2.89. The first kappa shape index (κ1) is 17.7. The fourth-order valence-corrected chi connectivity index (χ4v) is 2.40. The second-order valence-corrected chi connectivity index (χ2v) is 5.71. The number of nitrogens with one attached hydrogen (secondary N) is 1. The number of para-hydroxylation sites is 1. The van der Waals surface area contributed by atoms with Gasteiger partial charge >= 0.3 is 5.97 Å². The summed E-state index contributed by atoms with van der Waals surface area (Å²) >= 11 is 0. The van der Waals surface area contributed by atoms with Gasteiger partial charge in [0, 0.05) is 5.69 Å². The van der Waals surface area contributed by atoms with E-state index < -0.39 is 5.97 Å². The van der Waals surface area contributed by atoms with E-state index in [0.717, 1.165) is 11.3 Å². The maximum Gasteiger partial charge on any atom is 0.341 e. The minimum Gasteiger partial charge on any atom is -0.465 e. The van der Waals surface area contributed by atoms with Crippen molar-refractivity contribution < 1.29 is 18.7 Å². The number of nitrogens with zero attached hydrogens (tertiary/aromatic N) is 1. The van der Waals surface area contributed by atoms with E-state index in [2.05, 4.69) is 5.32 Å². The third kappa shape index (κ3) is 4.45. The summed E-state index contributed by atoms with van der Waals surface area (Å²) in [5.41, 5.74) is 2.22. The molecule has 1 aromatic carbocycles. The number of benzene rings is 1. The first-order valence-electron chi connectivity index (χ1n) is 7.62. The van der Waals surface area contributed by atoms with Crippen LogP contribution in [0.3, 0.4) is 0 Å². The van der Waals surface area contributed by atoms with Gasteiger partial charge in [-0.1, -0.05) is 18.2 Å². The molecule has 1 heterocycles. The standard InChI is InChI=1S/C18H22N2O4/c1-12-7-5-6-8-16(12)19-17(21)11-20(3)10-14-9-15(13(2)24-14)18(22)23-4/h5-9H,10-11H2,1-4H3,(H,19,21). The number of carbonyl (C=O) groups is 2. The highest BCUT2D eigenvalue weighted by Crippen LogP contribution is 2.17. The van der Waals surface area contributed by atoms with Crippen molar-refractivity contribution in [1.82, 2.24) is 4.90 Å². The lowest BCUT2D eigenvalue weighted by molar-refractivity contribution is -0.117. The van der Waals surface area contributed by atoms with Crippen molar-refractivity contribution in [3.8, 4) is 0 Å². The van der Waals surface area contributed by atoms with Crippen LogP contribution in [0.4, 0.5) is 5.69 Å². The Kier molecular flexibility index (Phi) is 5.76. The van der Waals surface area contributed by atoms with Crippen molar-refractivity contribution in [2.24, 2.45) is 0 Å². The quantitative estimate of drug-likeness (QED) is 0.825. The van der Waals surface area contributed by atoms with Gasteiger partial charge in [-0.15, -0.1) is 0 Å². The second kappa shape index (κ2) is 7.79. The SMILES string of the molecule is COC(=O)c1cc(CN(C)CC(=O)Nc2ccccc2C)oc1C. The summed E-state index contributed by atoms with van der Waals surface area (Å²) in [6.07, 6.45) is 0. The Bertz CT molecular complexity index is 736. The molecule has 0 bridgehead atoms. The van der Waals surface area contributed by atoms with Crippen molar-refractivity contribution in [2.45, 2.75) is 20.4 Å². The summed E-state index contributed by atoms with van der Waals surface area (Å²) in [6.45, 7) is 4.28. The number of ether oxygens (including phenoxy) is 1. The van der Waals surface area contributed by atoms with E-state index in [1.807, 2.05) is 43.1 Å². The predicted octanol–water partition coefficient (Wildman–Crippen LogP) is 2.75. The third-order valence-corrected chi connectivity index (χ3v) is 3.63. The van der Waals surface area contributed by atoms with Gasteiger partial charge in [0.25, 0.3) is 0 Å². The Morgan fingerprint density at radius 1 is 1.25 bits per heavy atom. The van der Waals surface area contributed by atoms with E-state index in [1.54, 1.807) is 13.0 Å². The molecule has 0 fully saturated rings. The van der Waals surface area contributed by atoms with Gasteiger partial charge in [-0.05, 0) is 38.6 Å². The number of amides is 1. The fraction of sp³-hybridized carbons (Fsp3) is 0.333. The van der Waals surface area contributed by atoms with Crippen LogP contribution in [-0.4, -0.2) is 37.5 Å². The molecular formula is C18H22N2O4. The van der Waals surface area contributed by atoms with E-state index in [9.17, 15) is 9.59 Å². The highest BCUT2D eigenvalue weighted by molar-refractivity contribution is 5.93. The van der Waals surface area contributed by atoms with E-state index >= 15 is 0 Å². The molecule has 0 aliphatic carbocycles. The molecule has 0 aliphatic rings. The van der Waals surface area contributed by atoms with Crippen LogP contribution < -0.4 is 5.32 Å². The molecule has 2 rings (SSSR count). The van der Waals surface area contributed by atoms with Gasteiger partial charge in [0.05, 0.1) is 20.2 Å². The molecule has 1 amide bonds. The zero-order valence-electron chi connectivity index (χ0n) is 14.4. The van der Waals surface area contributed by atoms with Gasteiger partial charge in [-0.2, -0.15) is 0 Å². The summed E-state index contributed by atoms with van der Waals surface area (Å²) in [7, 11) is 3.14. The largest absolute Gasteiger partial charge is 0.465 e. The van der Waals surface area contributed by atoms with Crippen LogP contribution in [0.25, 0.3) is 0 Å². The lowest BCUT2D eigenvalue weighted by Crippen LogP contribution is -2.29. The molecule has 0 saturated carbocycles. The summed E-state index contributed by atoms with van der Waals surface area (Å²) in [4.78, 5) is 25.5. The minimum atomic E-state index is -0.428. The number of aryl methyl sites for hydroxylation is 2. The number of hydrogen-bond donors (Lipinski definition) is 1. The summed E-state index contributed by atoms with van der Waals surface area (Å²) < 4.78 is 10.3. The smallest absolute Gasteiger partial charge is 0.341 e. The number of hydrogen-bond acceptors (Lipinski definition) is 5. The third-order valence-electron chi connectivity index (χ3n) is 3.63. The van der Waals surface area contributed by atoms with Crippen LogP contribution in [0.2, 0.25) is 0 Å². The lowest BCUT2D eigenvalue weighted by Gasteiger charge is -2.15. The van der Waals surface area contributed by atoms with E-state index in [4.69, 9.17) is 9.15 Å². The average molecular weight is 330 g/mol. The van der Waals surface area contributed by atoms with Gasteiger partial charge in [-0.3, -0.25) is 9.69 Å². The molecular weight excluding hydrogens is 308 g/mol. The maximum absolute atomic E-state index is 12.1. The van der Waals surface area contributed by atoms with Crippen molar-refractivity contribution in [1.29, 1.82) is 0 Å². The highest BCUT2D eigenvalue weighted by Gasteiger charge is 2.17. The van der Waals surface area contributed by atoms with Crippen molar-refractivity contribution >= 4 is 17.6 Å². The molecule has 2 aromatic rings. The average Bonchev–Trinajstić information content (AvgIpc) is 2.89. The van der Waals surface area contributed by atoms with Crippen molar-refractivity contribution in [2.75, 3.05) is 26.0 Å². The van der Waals surface area contributed by atoms with E-state index in [1.165, 1.54) is 7.11 Å². The van der Waals surface area contributed by atoms with Gasteiger partial charge in [0.15, 0.2) is 0 Å². The first-order valence-corrected chi connectivity index (χ1v) is 7.62. The molecule has 0 atom stereocenters. The second-order valence-electron chi connectivity index (χ2n) is 5.71. The first-order chi connectivity index (χ1) is 11.4. The molecule has 0 spiro atoms. The van der Waals surface area contributed by atoms with Crippen LogP contribution in [-0.2, 0) is 16.1 Å². The number of esters is 1. The zero-order valence-corrected chi connectivity index (χ0v) is 14.4. The Hall–Kier alpha value is -2.60. The molecule has 0 aliphatic heterocycles. The number of methoxy groups -OCH3 is 1. The Morgan fingerprint density at radius 3 is 2.62 bits per heavy atom. The van der Waals surface area contributed by atoms with Gasteiger partial charge in [0.1, 0.15) is 17.1 Å². The summed E-state index contributed by atoms with van der Waals surface area (Å²) in [5.74, 6) is 0.583. The van der Waals surface area contributed by atoms with Crippen LogP contribution in [0.5, 0.6) is 0 Å².